The molecule has 0 saturated heterocycles. The normalized spacial score (nSPS) is 11.5. The SMILES string of the molecule is NCCCc1ccc(Oc2ncc(C(F)(F)F)cc2Cl)cc1. The molecule has 1 aromatic heterocycles. The van der Waals surface area contributed by atoms with E-state index in [1.165, 1.54) is 0 Å². The molecule has 0 aliphatic heterocycles. The zero-order valence-electron chi connectivity index (χ0n) is 11.5. The first-order chi connectivity index (χ1) is 10.4. The molecule has 0 radical (unpaired) electrons. The summed E-state index contributed by atoms with van der Waals surface area (Å²) in [5.74, 6) is 0.384. The van der Waals surface area contributed by atoms with E-state index in [-0.39, 0.29) is 10.9 Å². The van der Waals surface area contributed by atoms with Crippen LogP contribution in [-0.2, 0) is 12.6 Å². The Labute approximate surface area is 130 Å². The lowest BCUT2D eigenvalue weighted by molar-refractivity contribution is -0.137. The van der Waals surface area contributed by atoms with E-state index in [0.717, 1.165) is 24.5 Å². The summed E-state index contributed by atoms with van der Waals surface area (Å²) in [4.78, 5) is 3.62. The predicted molar refractivity (Wildman–Crippen MR) is 78.1 cm³/mol. The van der Waals surface area contributed by atoms with Gasteiger partial charge >= 0.3 is 6.18 Å². The second-order valence-corrected chi connectivity index (χ2v) is 5.05. The van der Waals surface area contributed by atoms with Crippen LogP contribution in [0.3, 0.4) is 0 Å². The van der Waals surface area contributed by atoms with Gasteiger partial charge in [-0.25, -0.2) is 4.98 Å². The van der Waals surface area contributed by atoms with E-state index in [4.69, 9.17) is 22.1 Å². The van der Waals surface area contributed by atoms with E-state index in [1.54, 1.807) is 12.1 Å². The minimum absolute atomic E-state index is 0.0654. The van der Waals surface area contributed by atoms with Gasteiger partial charge in [0.1, 0.15) is 10.8 Å². The Kier molecular flexibility index (Phi) is 5.26. The predicted octanol–water partition coefficient (Wildman–Crippen LogP) is 4.44. The van der Waals surface area contributed by atoms with Crippen molar-refractivity contribution in [3.8, 4) is 11.6 Å². The summed E-state index contributed by atoms with van der Waals surface area (Å²) >= 11 is 5.78. The molecule has 2 aromatic rings. The minimum Gasteiger partial charge on any atom is -0.438 e. The van der Waals surface area contributed by atoms with Gasteiger partial charge in [-0.15, -0.1) is 0 Å². The highest BCUT2D eigenvalue weighted by atomic mass is 35.5. The van der Waals surface area contributed by atoms with Gasteiger partial charge in [0.25, 0.3) is 0 Å². The Morgan fingerprint density at radius 1 is 1.18 bits per heavy atom. The molecule has 1 aromatic carbocycles. The molecule has 3 nitrogen and oxygen atoms in total. The number of pyridine rings is 1. The van der Waals surface area contributed by atoms with Gasteiger partial charge in [0.15, 0.2) is 0 Å². The van der Waals surface area contributed by atoms with Crippen molar-refractivity contribution in [2.24, 2.45) is 5.73 Å². The van der Waals surface area contributed by atoms with Crippen LogP contribution in [0.1, 0.15) is 17.5 Å². The molecule has 0 aliphatic rings. The van der Waals surface area contributed by atoms with Crippen LogP contribution in [0.15, 0.2) is 36.5 Å². The molecular formula is C15H14ClF3N2O. The highest BCUT2D eigenvalue weighted by molar-refractivity contribution is 6.31. The van der Waals surface area contributed by atoms with Crippen molar-refractivity contribution in [3.05, 3.63) is 52.7 Å². The number of halogens is 4. The Bertz CT molecular complexity index is 630. The molecule has 0 aliphatic carbocycles. The second kappa shape index (κ2) is 6.98. The smallest absolute Gasteiger partial charge is 0.417 e. The molecule has 1 heterocycles. The summed E-state index contributed by atoms with van der Waals surface area (Å²) in [6.07, 6.45) is -2.06. The number of rotatable bonds is 5. The summed E-state index contributed by atoms with van der Waals surface area (Å²) in [6.45, 7) is 0.614. The fourth-order valence-corrected chi connectivity index (χ4v) is 2.00. The number of hydrogen-bond donors (Lipinski definition) is 1. The van der Waals surface area contributed by atoms with Gasteiger partial charge < -0.3 is 10.5 Å². The fraction of sp³-hybridized carbons (Fsp3) is 0.267. The molecule has 2 N–H and O–H groups in total. The molecule has 0 saturated carbocycles. The number of ether oxygens (including phenoxy) is 1. The van der Waals surface area contributed by atoms with Crippen molar-refractivity contribution >= 4 is 11.6 Å². The molecule has 0 amide bonds. The lowest BCUT2D eigenvalue weighted by Crippen LogP contribution is -2.05. The van der Waals surface area contributed by atoms with Crippen LogP contribution in [0, 0.1) is 0 Å². The third kappa shape index (κ3) is 4.35. The minimum atomic E-state index is -4.49. The van der Waals surface area contributed by atoms with Crippen LogP contribution < -0.4 is 10.5 Å². The zero-order valence-corrected chi connectivity index (χ0v) is 12.3. The van der Waals surface area contributed by atoms with E-state index in [2.05, 4.69) is 4.98 Å². The summed E-state index contributed by atoms with van der Waals surface area (Å²) < 4.78 is 43.0. The topological polar surface area (TPSA) is 48.1 Å². The highest BCUT2D eigenvalue weighted by Crippen LogP contribution is 2.34. The number of aryl methyl sites for hydroxylation is 1. The van der Waals surface area contributed by atoms with Crippen molar-refractivity contribution in [2.75, 3.05) is 6.54 Å². The van der Waals surface area contributed by atoms with Crippen LogP contribution >= 0.6 is 11.6 Å². The molecule has 0 bridgehead atoms. The molecule has 0 atom stereocenters. The quantitative estimate of drug-likeness (QED) is 0.881. The van der Waals surface area contributed by atoms with Crippen LogP contribution in [-0.4, -0.2) is 11.5 Å². The van der Waals surface area contributed by atoms with Crippen LogP contribution in [0.2, 0.25) is 5.02 Å². The van der Waals surface area contributed by atoms with Crippen LogP contribution in [0.25, 0.3) is 0 Å². The van der Waals surface area contributed by atoms with Gasteiger partial charge in [-0.3, -0.25) is 0 Å². The molecule has 0 unspecified atom stereocenters. The highest BCUT2D eigenvalue weighted by Gasteiger charge is 2.31. The molecule has 7 heteroatoms. The summed E-state index contributed by atoms with van der Waals surface area (Å²) in [5.41, 5.74) is 5.63. The molecule has 0 fully saturated rings. The maximum absolute atomic E-state index is 12.5. The van der Waals surface area contributed by atoms with E-state index in [1.807, 2.05) is 12.1 Å². The first-order valence-corrected chi connectivity index (χ1v) is 6.97. The lowest BCUT2D eigenvalue weighted by atomic mass is 10.1. The number of alkyl halides is 3. The van der Waals surface area contributed by atoms with E-state index < -0.39 is 11.7 Å². The lowest BCUT2D eigenvalue weighted by Gasteiger charge is -2.10. The summed E-state index contributed by atoms with van der Waals surface area (Å²) in [5, 5.41) is -0.193. The standard InChI is InChI=1S/C15H14ClF3N2O/c16-13-8-11(15(17,18)19)9-21-14(13)22-12-5-3-10(4-6-12)2-1-7-20/h3-6,8-9H,1-2,7,20H2. The van der Waals surface area contributed by atoms with E-state index in [9.17, 15) is 13.2 Å². The number of nitrogens with zero attached hydrogens (tertiary/aromatic N) is 1. The summed E-state index contributed by atoms with van der Waals surface area (Å²) in [6, 6.07) is 7.94. The zero-order chi connectivity index (χ0) is 16.2. The Morgan fingerprint density at radius 2 is 1.86 bits per heavy atom. The van der Waals surface area contributed by atoms with E-state index in [0.29, 0.717) is 18.5 Å². The van der Waals surface area contributed by atoms with Gasteiger partial charge in [-0.1, -0.05) is 23.7 Å². The van der Waals surface area contributed by atoms with Crippen molar-refractivity contribution in [3.63, 3.8) is 0 Å². The van der Waals surface area contributed by atoms with Crippen molar-refractivity contribution in [1.82, 2.24) is 4.98 Å². The molecule has 2 rings (SSSR count). The van der Waals surface area contributed by atoms with E-state index >= 15 is 0 Å². The molecule has 0 spiro atoms. The largest absolute Gasteiger partial charge is 0.438 e. The average Bonchev–Trinajstić information content (AvgIpc) is 2.47. The first-order valence-electron chi connectivity index (χ1n) is 6.60. The van der Waals surface area contributed by atoms with Gasteiger partial charge in [0.05, 0.1) is 5.56 Å². The number of benzene rings is 1. The van der Waals surface area contributed by atoms with Gasteiger partial charge in [-0.2, -0.15) is 13.2 Å². The van der Waals surface area contributed by atoms with Gasteiger partial charge in [-0.05, 0) is 43.1 Å². The van der Waals surface area contributed by atoms with Crippen LogP contribution in [0.5, 0.6) is 11.6 Å². The molecule has 22 heavy (non-hydrogen) atoms. The number of nitrogens with two attached hydrogens (primary N) is 1. The second-order valence-electron chi connectivity index (χ2n) is 4.65. The summed E-state index contributed by atoms with van der Waals surface area (Å²) in [7, 11) is 0. The Hall–Kier alpha value is -1.79. The maximum atomic E-state index is 12.5. The van der Waals surface area contributed by atoms with Crippen molar-refractivity contribution < 1.29 is 17.9 Å². The Balaban J connectivity index is 2.10. The maximum Gasteiger partial charge on any atom is 0.417 e. The third-order valence-corrected chi connectivity index (χ3v) is 3.21. The van der Waals surface area contributed by atoms with Gasteiger partial charge in [0, 0.05) is 6.20 Å². The van der Waals surface area contributed by atoms with Crippen LogP contribution in [0.4, 0.5) is 13.2 Å². The van der Waals surface area contributed by atoms with Crippen molar-refractivity contribution in [2.45, 2.75) is 19.0 Å². The molecular weight excluding hydrogens is 317 g/mol. The third-order valence-electron chi connectivity index (χ3n) is 2.94. The first kappa shape index (κ1) is 16.6. The average molecular weight is 331 g/mol. The monoisotopic (exact) mass is 330 g/mol. The fourth-order valence-electron chi connectivity index (χ4n) is 1.80. The van der Waals surface area contributed by atoms with Crippen molar-refractivity contribution in [1.29, 1.82) is 0 Å². The number of aromatic nitrogens is 1. The van der Waals surface area contributed by atoms with Gasteiger partial charge in [0.2, 0.25) is 5.88 Å². The number of hydrogen-bond acceptors (Lipinski definition) is 3. The molecule has 118 valence electrons. The Morgan fingerprint density at radius 3 is 2.41 bits per heavy atom.